The molecule has 2 aromatic rings. The number of oxazole rings is 1. The van der Waals surface area contributed by atoms with Gasteiger partial charge >= 0.3 is 0 Å². The second kappa shape index (κ2) is 5.79. The van der Waals surface area contributed by atoms with Crippen LogP contribution in [-0.4, -0.2) is 22.8 Å². The first-order valence-corrected chi connectivity index (χ1v) is 7.16. The Balaban J connectivity index is 2.05. The average molecular weight is 303 g/mol. The van der Waals surface area contributed by atoms with Crippen LogP contribution in [0.3, 0.4) is 0 Å². The van der Waals surface area contributed by atoms with Crippen molar-refractivity contribution < 1.29 is 14.0 Å². The van der Waals surface area contributed by atoms with E-state index in [-0.39, 0.29) is 11.8 Å². The number of hydrogen-bond donors (Lipinski definition) is 2. The van der Waals surface area contributed by atoms with E-state index >= 15 is 0 Å². The molecule has 0 saturated heterocycles. The fourth-order valence-electron chi connectivity index (χ4n) is 1.85. The van der Waals surface area contributed by atoms with Crippen LogP contribution in [0.15, 0.2) is 22.6 Å². The molecule has 1 atom stereocenters. The van der Waals surface area contributed by atoms with Gasteiger partial charge in [0, 0.05) is 18.0 Å². The standard InChI is InChI=1S/C16H21N3O3/c1-9(17-15(21)16(3,4)5)14(20)19-11-6-7-13-12(8-11)18-10(2)22-13/h6-9H,1-5H3,(H,17,21)(H,19,20). The number of carbonyl (C=O) groups excluding carboxylic acids is 2. The molecule has 1 aromatic heterocycles. The van der Waals surface area contributed by atoms with Crippen molar-refractivity contribution in [3.05, 3.63) is 24.1 Å². The van der Waals surface area contributed by atoms with Crippen LogP contribution in [0.1, 0.15) is 33.6 Å². The van der Waals surface area contributed by atoms with Crippen LogP contribution >= 0.6 is 0 Å². The Morgan fingerprint density at radius 2 is 1.95 bits per heavy atom. The highest BCUT2D eigenvalue weighted by Crippen LogP contribution is 2.20. The van der Waals surface area contributed by atoms with Crippen molar-refractivity contribution in [2.75, 3.05) is 5.32 Å². The number of aromatic nitrogens is 1. The quantitative estimate of drug-likeness (QED) is 0.913. The summed E-state index contributed by atoms with van der Waals surface area (Å²) < 4.78 is 5.38. The highest BCUT2D eigenvalue weighted by Gasteiger charge is 2.25. The number of nitrogens with zero attached hydrogens (tertiary/aromatic N) is 1. The minimum absolute atomic E-state index is 0.169. The van der Waals surface area contributed by atoms with Crippen molar-refractivity contribution in [3.63, 3.8) is 0 Å². The van der Waals surface area contributed by atoms with Gasteiger partial charge in [-0.2, -0.15) is 0 Å². The number of rotatable bonds is 3. The van der Waals surface area contributed by atoms with Gasteiger partial charge in [-0.3, -0.25) is 9.59 Å². The maximum atomic E-state index is 12.1. The van der Waals surface area contributed by atoms with Crippen LogP contribution in [0.25, 0.3) is 11.1 Å². The van der Waals surface area contributed by atoms with Crippen molar-refractivity contribution >= 4 is 28.6 Å². The van der Waals surface area contributed by atoms with Crippen molar-refractivity contribution in [1.82, 2.24) is 10.3 Å². The fourth-order valence-corrected chi connectivity index (χ4v) is 1.85. The van der Waals surface area contributed by atoms with E-state index in [1.165, 1.54) is 0 Å². The highest BCUT2D eigenvalue weighted by molar-refractivity contribution is 5.98. The van der Waals surface area contributed by atoms with Gasteiger partial charge in [0.2, 0.25) is 11.8 Å². The molecule has 118 valence electrons. The van der Waals surface area contributed by atoms with Crippen LogP contribution in [-0.2, 0) is 9.59 Å². The molecule has 0 saturated carbocycles. The third kappa shape index (κ3) is 3.63. The lowest BCUT2D eigenvalue weighted by molar-refractivity contribution is -0.131. The summed E-state index contributed by atoms with van der Waals surface area (Å²) in [5.74, 6) is 0.124. The molecule has 2 amide bonds. The molecule has 0 aliphatic rings. The SMILES string of the molecule is Cc1nc2cc(NC(=O)C(C)NC(=O)C(C)(C)C)ccc2o1. The summed E-state index contributed by atoms with van der Waals surface area (Å²) in [6.45, 7) is 8.81. The lowest BCUT2D eigenvalue weighted by atomic mass is 9.95. The van der Waals surface area contributed by atoms with Gasteiger partial charge in [0.25, 0.3) is 0 Å². The van der Waals surface area contributed by atoms with E-state index in [9.17, 15) is 9.59 Å². The van der Waals surface area contributed by atoms with Crippen LogP contribution in [0.5, 0.6) is 0 Å². The summed E-state index contributed by atoms with van der Waals surface area (Å²) in [6, 6.07) is 4.61. The molecule has 2 rings (SSSR count). The number of carbonyl (C=O) groups is 2. The largest absolute Gasteiger partial charge is 0.441 e. The van der Waals surface area contributed by atoms with E-state index in [0.717, 1.165) is 0 Å². The minimum Gasteiger partial charge on any atom is -0.441 e. The van der Waals surface area contributed by atoms with Gasteiger partial charge in [-0.25, -0.2) is 4.98 Å². The number of hydrogen-bond acceptors (Lipinski definition) is 4. The molecule has 22 heavy (non-hydrogen) atoms. The zero-order valence-electron chi connectivity index (χ0n) is 13.5. The summed E-state index contributed by atoms with van der Waals surface area (Å²) in [4.78, 5) is 28.3. The zero-order valence-corrected chi connectivity index (χ0v) is 13.5. The molecular formula is C16H21N3O3. The summed E-state index contributed by atoms with van der Waals surface area (Å²) in [6.07, 6.45) is 0. The molecule has 2 N–H and O–H groups in total. The summed E-state index contributed by atoms with van der Waals surface area (Å²) in [5.41, 5.74) is 1.43. The zero-order chi connectivity index (χ0) is 16.5. The summed E-state index contributed by atoms with van der Waals surface area (Å²) >= 11 is 0. The third-order valence-corrected chi connectivity index (χ3v) is 3.18. The van der Waals surface area contributed by atoms with Gasteiger partial charge in [0.05, 0.1) is 0 Å². The molecule has 0 fully saturated rings. The monoisotopic (exact) mass is 303 g/mol. The van der Waals surface area contributed by atoms with E-state index in [1.807, 2.05) is 0 Å². The lowest BCUT2D eigenvalue weighted by Gasteiger charge is -2.21. The number of nitrogens with one attached hydrogen (secondary N) is 2. The van der Waals surface area contributed by atoms with E-state index < -0.39 is 11.5 Å². The van der Waals surface area contributed by atoms with Gasteiger partial charge < -0.3 is 15.1 Å². The Hall–Kier alpha value is -2.37. The Kier molecular flexibility index (Phi) is 4.21. The molecule has 1 aromatic carbocycles. The molecule has 1 heterocycles. The Morgan fingerprint density at radius 3 is 2.59 bits per heavy atom. The van der Waals surface area contributed by atoms with Gasteiger partial charge in [-0.15, -0.1) is 0 Å². The maximum Gasteiger partial charge on any atom is 0.246 e. The van der Waals surface area contributed by atoms with Gasteiger partial charge in [-0.1, -0.05) is 20.8 Å². The first-order valence-electron chi connectivity index (χ1n) is 7.16. The number of anilines is 1. The van der Waals surface area contributed by atoms with Crippen molar-refractivity contribution in [2.24, 2.45) is 5.41 Å². The predicted octanol–water partition coefficient (Wildman–Crippen LogP) is 2.63. The van der Waals surface area contributed by atoms with Crippen LogP contribution in [0, 0.1) is 12.3 Å². The van der Waals surface area contributed by atoms with E-state index in [4.69, 9.17) is 4.42 Å². The first kappa shape index (κ1) is 16.0. The van der Waals surface area contributed by atoms with Gasteiger partial charge in [0.1, 0.15) is 11.6 Å². The van der Waals surface area contributed by atoms with E-state index in [0.29, 0.717) is 22.7 Å². The molecule has 6 heteroatoms. The Labute approximate surface area is 129 Å². The highest BCUT2D eigenvalue weighted by atomic mass is 16.3. The number of benzene rings is 1. The van der Waals surface area contributed by atoms with Crippen LogP contribution < -0.4 is 10.6 Å². The Bertz CT molecular complexity index is 713. The normalized spacial score (nSPS) is 13.0. The first-order chi connectivity index (χ1) is 10.2. The van der Waals surface area contributed by atoms with Crippen molar-refractivity contribution in [1.29, 1.82) is 0 Å². The molecule has 0 aliphatic carbocycles. The number of aryl methyl sites for hydroxylation is 1. The summed E-state index contributed by atoms with van der Waals surface area (Å²) in [5, 5.41) is 5.46. The minimum atomic E-state index is -0.624. The van der Waals surface area contributed by atoms with E-state index in [2.05, 4.69) is 15.6 Å². The van der Waals surface area contributed by atoms with Gasteiger partial charge in [0.15, 0.2) is 11.5 Å². The Morgan fingerprint density at radius 1 is 1.27 bits per heavy atom. The molecule has 0 spiro atoms. The second-order valence-corrected chi connectivity index (χ2v) is 6.35. The summed E-state index contributed by atoms with van der Waals surface area (Å²) in [7, 11) is 0. The molecular weight excluding hydrogens is 282 g/mol. The number of amides is 2. The predicted molar refractivity (Wildman–Crippen MR) is 84.4 cm³/mol. The molecule has 1 unspecified atom stereocenters. The average Bonchev–Trinajstić information content (AvgIpc) is 2.76. The molecule has 0 radical (unpaired) electrons. The van der Waals surface area contributed by atoms with Crippen molar-refractivity contribution in [2.45, 2.75) is 40.7 Å². The maximum absolute atomic E-state index is 12.1. The van der Waals surface area contributed by atoms with Gasteiger partial charge in [-0.05, 0) is 25.1 Å². The van der Waals surface area contributed by atoms with Crippen LogP contribution in [0.2, 0.25) is 0 Å². The van der Waals surface area contributed by atoms with Crippen molar-refractivity contribution in [3.8, 4) is 0 Å². The topological polar surface area (TPSA) is 84.2 Å². The smallest absolute Gasteiger partial charge is 0.246 e. The molecule has 6 nitrogen and oxygen atoms in total. The molecule has 0 bridgehead atoms. The second-order valence-electron chi connectivity index (χ2n) is 6.35. The fraction of sp³-hybridized carbons (Fsp3) is 0.438. The molecule has 0 aliphatic heterocycles. The van der Waals surface area contributed by atoms with E-state index in [1.54, 1.807) is 52.8 Å². The lowest BCUT2D eigenvalue weighted by Crippen LogP contribution is -2.46. The third-order valence-electron chi connectivity index (χ3n) is 3.18. The van der Waals surface area contributed by atoms with Crippen LogP contribution in [0.4, 0.5) is 5.69 Å². The number of fused-ring (bicyclic) bond motifs is 1.